The van der Waals surface area contributed by atoms with E-state index in [0.29, 0.717) is 5.69 Å². The first-order chi connectivity index (χ1) is 9.20. The van der Waals surface area contributed by atoms with Gasteiger partial charge in [-0.1, -0.05) is 0 Å². The summed E-state index contributed by atoms with van der Waals surface area (Å²) in [5.41, 5.74) is 19.4. The van der Waals surface area contributed by atoms with Gasteiger partial charge in [-0.15, -0.1) is 0 Å². The van der Waals surface area contributed by atoms with E-state index in [4.69, 9.17) is 21.8 Å². The fourth-order valence-corrected chi connectivity index (χ4v) is 1.82. The normalized spacial score (nSPS) is 10.5. The van der Waals surface area contributed by atoms with Gasteiger partial charge < -0.3 is 17.2 Å². The Labute approximate surface area is 118 Å². The molecule has 0 aromatic heterocycles. The first-order valence-electron chi connectivity index (χ1n) is 5.65. The van der Waals surface area contributed by atoms with Gasteiger partial charge in [0.15, 0.2) is 0 Å². The molecule has 0 aliphatic heterocycles. The standard InChI is InChI=1S/C7H10N2.C6H7NO3S/c1-5-4-6(8)2-3-7(5)9;7-5-1-3-6(4-2-5)11(8,9)10/h2-4H,8-9H2,1H3;1-4H,7H2,(H,8,9,10). The number of rotatable bonds is 1. The molecule has 2 rings (SSSR count). The van der Waals surface area contributed by atoms with Crippen molar-refractivity contribution in [3.63, 3.8) is 0 Å². The zero-order valence-corrected chi connectivity index (χ0v) is 11.8. The summed E-state index contributed by atoms with van der Waals surface area (Å²) in [6, 6.07) is 10.8. The van der Waals surface area contributed by atoms with E-state index in [1.807, 2.05) is 19.1 Å². The van der Waals surface area contributed by atoms with Crippen molar-refractivity contribution in [1.29, 1.82) is 0 Å². The Morgan fingerprint density at radius 2 is 1.40 bits per heavy atom. The molecule has 2 aromatic rings. The summed E-state index contributed by atoms with van der Waals surface area (Å²) >= 11 is 0. The highest BCUT2D eigenvalue weighted by molar-refractivity contribution is 7.85. The summed E-state index contributed by atoms with van der Waals surface area (Å²) < 4.78 is 29.4. The van der Waals surface area contributed by atoms with Gasteiger partial charge in [-0.3, -0.25) is 4.55 Å². The highest BCUT2D eigenvalue weighted by Gasteiger charge is 2.06. The van der Waals surface area contributed by atoms with Crippen molar-refractivity contribution in [3.05, 3.63) is 48.0 Å². The molecule has 0 fully saturated rings. The predicted octanol–water partition coefficient (Wildman–Crippen LogP) is 1.67. The summed E-state index contributed by atoms with van der Waals surface area (Å²) in [4.78, 5) is -0.147. The molecule has 0 amide bonds. The predicted molar refractivity (Wildman–Crippen MR) is 80.7 cm³/mol. The lowest BCUT2D eigenvalue weighted by Gasteiger charge is -1.98. The maximum absolute atomic E-state index is 10.5. The Morgan fingerprint density at radius 1 is 0.900 bits per heavy atom. The third-order valence-corrected chi connectivity index (χ3v) is 3.34. The zero-order chi connectivity index (χ0) is 15.3. The van der Waals surface area contributed by atoms with Gasteiger partial charge in [0.05, 0.1) is 4.90 Å². The van der Waals surface area contributed by atoms with Crippen LogP contribution in [0.4, 0.5) is 17.1 Å². The highest BCUT2D eigenvalue weighted by atomic mass is 32.2. The molecule has 108 valence electrons. The fourth-order valence-electron chi connectivity index (χ4n) is 1.34. The minimum Gasteiger partial charge on any atom is -0.399 e. The van der Waals surface area contributed by atoms with Crippen LogP contribution in [0.1, 0.15) is 5.56 Å². The van der Waals surface area contributed by atoms with Gasteiger partial charge in [0.25, 0.3) is 10.1 Å². The average molecular weight is 295 g/mol. The van der Waals surface area contributed by atoms with E-state index >= 15 is 0 Å². The van der Waals surface area contributed by atoms with E-state index in [-0.39, 0.29) is 4.90 Å². The topological polar surface area (TPSA) is 132 Å². The molecule has 0 aliphatic carbocycles. The first kappa shape index (κ1) is 15.8. The molecule has 0 bridgehead atoms. The first-order valence-corrected chi connectivity index (χ1v) is 7.09. The highest BCUT2D eigenvalue weighted by Crippen LogP contribution is 2.13. The van der Waals surface area contributed by atoms with Gasteiger partial charge in [-0.05, 0) is 55.0 Å². The molecule has 0 heterocycles. The number of hydrogen-bond acceptors (Lipinski definition) is 5. The molecule has 0 saturated heterocycles. The van der Waals surface area contributed by atoms with E-state index in [0.717, 1.165) is 16.9 Å². The summed E-state index contributed by atoms with van der Waals surface area (Å²) in [5, 5.41) is 0. The lowest BCUT2D eigenvalue weighted by molar-refractivity contribution is 0.483. The van der Waals surface area contributed by atoms with E-state index in [9.17, 15) is 8.42 Å². The summed E-state index contributed by atoms with van der Waals surface area (Å²) in [6.07, 6.45) is 0. The van der Waals surface area contributed by atoms with Crippen molar-refractivity contribution < 1.29 is 13.0 Å². The molecule has 7 N–H and O–H groups in total. The lowest BCUT2D eigenvalue weighted by atomic mass is 10.2. The molecule has 0 radical (unpaired) electrons. The van der Waals surface area contributed by atoms with Crippen LogP contribution >= 0.6 is 0 Å². The van der Waals surface area contributed by atoms with Crippen LogP contribution in [0.3, 0.4) is 0 Å². The van der Waals surface area contributed by atoms with Gasteiger partial charge in [-0.2, -0.15) is 8.42 Å². The van der Waals surface area contributed by atoms with Crippen molar-refractivity contribution in [2.75, 3.05) is 17.2 Å². The maximum Gasteiger partial charge on any atom is 0.294 e. The number of nitrogens with two attached hydrogens (primary N) is 3. The van der Waals surface area contributed by atoms with Crippen LogP contribution in [0.15, 0.2) is 47.4 Å². The van der Waals surface area contributed by atoms with Crippen LogP contribution in [-0.2, 0) is 10.1 Å². The lowest BCUT2D eigenvalue weighted by Crippen LogP contribution is -1.97. The van der Waals surface area contributed by atoms with Crippen LogP contribution in [0.5, 0.6) is 0 Å². The molecular weight excluding hydrogens is 278 g/mol. The molecule has 0 atom stereocenters. The maximum atomic E-state index is 10.5. The van der Waals surface area contributed by atoms with Crippen LogP contribution in [-0.4, -0.2) is 13.0 Å². The smallest absolute Gasteiger partial charge is 0.294 e. The van der Waals surface area contributed by atoms with E-state index in [1.165, 1.54) is 24.3 Å². The molecule has 6 nitrogen and oxygen atoms in total. The Balaban J connectivity index is 0.000000204. The van der Waals surface area contributed by atoms with Crippen LogP contribution < -0.4 is 17.2 Å². The summed E-state index contributed by atoms with van der Waals surface area (Å²) in [6.45, 7) is 1.94. The monoisotopic (exact) mass is 295 g/mol. The molecule has 0 unspecified atom stereocenters. The number of benzene rings is 2. The number of nitrogen functional groups attached to an aromatic ring is 3. The molecular formula is C13H17N3O3S. The molecule has 2 aromatic carbocycles. The average Bonchev–Trinajstić information content (AvgIpc) is 2.34. The zero-order valence-electron chi connectivity index (χ0n) is 10.9. The Bertz CT molecular complexity index is 683. The second-order valence-electron chi connectivity index (χ2n) is 4.16. The second kappa shape index (κ2) is 6.27. The molecule has 0 spiro atoms. The van der Waals surface area contributed by atoms with E-state index in [2.05, 4.69) is 0 Å². The van der Waals surface area contributed by atoms with Gasteiger partial charge in [0.1, 0.15) is 0 Å². The quantitative estimate of drug-likeness (QED) is 0.467. The fraction of sp³-hybridized carbons (Fsp3) is 0.0769. The largest absolute Gasteiger partial charge is 0.399 e. The Morgan fingerprint density at radius 3 is 1.80 bits per heavy atom. The van der Waals surface area contributed by atoms with Crippen molar-refractivity contribution in [2.24, 2.45) is 0 Å². The van der Waals surface area contributed by atoms with Crippen LogP contribution in [0.25, 0.3) is 0 Å². The minimum atomic E-state index is -4.08. The van der Waals surface area contributed by atoms with Crippen molar-refractivity contribution in [3.8, 4) is 0 Å². The number of aryl methyl sites for hydroxylation is 1. The van der Waals surface area contributed by atoms with Gasteiger partial charge in [0.2, 0.25) is 0 Å². The SMILES string of the molecule is Cc1cc(N)ccc1N.Nc1ccc(S(=O)(=O)O)cc1. The van der Waals surface area contributed by atoms with Gasteiger partial charge in [-0.25, -0.2) is 0 Å². The van der Waals surface area contributed by atoms with E-state index < -0.39 is 10.1 Å². The summed E-state index contributed by atoms with van der Waals surface area (Å²) in [7, 11) is -4.08. The van der Waals surface area contributed by atoms with Gasteiger partial charge in [0, 0.05) is 17.1 Å². The molecule has 0 aliphatic rings. The molecule has 0 saturated carbocycles. The Kier molecular flexibility index (Phi) is 4.95. The summed E-state index contributed by atoms with van der Waals surface area (Å²) in [5.74, 6) is 0. The van der Waals surface area contributed by atoms with Crippen molar-refractivity contribution in [1.82, 2.24) is 0 Å². The van der Waals surface area contributed by atoms with Crippen molar-refractivity contribution in [2.45, 2.75) is 11.8 Å². The number of hydrogen-bond donors (Lipinski definition) is 4. The molecule has 7 heteroatoms. The van der Waals surface area contributed by atoms with Crippen LogP contribution in [0, 0.1) is 6.92 Å². The number of anilines is 3. The van der Waals surface area contributed by atoms with E-state index in [1.54, 1.807) is 6.07 Å². The Hall–Kier alpha value is -2.25. The van der Waals surface area contributed by atoms with Crippen molar-refractivity contribution >= 4 is 27.2 Å². The van der Waals surface area contributed by atoms with Crippen LogP contribution in [0.2, 0.25) is 0 Å². The second-order valence-corrected chi connectivity index (χ2v) is 5.58. The minimum absolute atomic E-state index is 0.147. The third-order valence-electron chi connectivity index (χ3n) is 2.47. The third kappa shape index (κ3) is 4.79. The van der Waals surface area contributed by atoms with Gasteiger partial charge >= 0.3 is 0 Å². The molecule has 20 heavy (non-hydrogen) atoms.